The third-order valence-electron chi connectivity index (χ3n) is 5.98. The summed E-state index contributed by atoms with van der Waals surface area (Å²) in [5, 5.41) is 10.2. The topological polar surface area (TPSA) is 37.2 Å². The molecule has 0 amide bonds. The highest BCUT2D eigenvalue weighted by Crippen LogP contribution is 2.35. The van der Waals surface area contributed by atoms with Crippen LogP contribution >= 0.6 is 11.8 Å². The molecule has 166 valence electrons. The Balaban J connectivity index is 1.93. The summed E-state index contributed by atoms with van der Waals surface area (Å²) in [6.45, 7) is 23.4. The minimum absolute atomic E-state index is 0.0886. The SMILES string of the molecule is CCN(CC)CCN1CSc2nnc(-c3cc(C(C)(C)C)cc(C(C)(C)C)c3)n2C1. The van der Waals surface area contributed by atoms with Crippen LogP contribution in [-0.4, -0.2) is 56.6 Å². The van der Waals surface area contributed by atoms with Crippen molar-refractivity contribution >= 4 is 11.8 Å². The highest BCUT2D eigenvalue weighted by Gasteiger charge is 2.26. The number of aromatic nitrogens is 3. The highest BCUT2D eigenvalue weighted by molar-refractivity contribution is 7.99. The maximum absolute atomic E-state index is 4.63. The molecule has 6 heteroatoms. The lowest BCUT2D eigenvalue weighted by Gasteiger charge is -2.30. The van der Waals surface area contributed by atoms with Crippen molar-refractivity contribution in [1.82, 2.24) is 24.6 Å². The van der Waals surface area contributed by atoms with E-state index in [4.69, 9.17) is 0 Å². The molecule has 0 unspecified atom stereocenters. The summed E-state index contributed by atoms with van der Waals surface area (Å²) in [5.74, 6) is 1.97. The van der Waals surface area contributed by atoms with Gasteiger partial charge >= 0.3 is 0 Å². The monoisotopic (exact) mass is 429 g/mol. The number of thioether (sulfide) groups is 1. The van der Waals surface area contributed by atoms with Crippen molar-refractivity contribution in [2.24, 2.45) is 0 Å². The molecule has 3 rings (SSSR count). The molecule has 0 bridgehead atoms. The largest absolute Gasteiger partial charge is 0.303 e. The van der Waals surface area contributed by atoms with Gasteiger partial charge in [0.15, 0.2) is 11.0 Å². The summed E-state index contributed by atoms with van der Waals surface area (Å²) < 4.78 is 2.30. The Morgan fingerprint density at radius 2 is 1.53 bits per heavy atom. The van der Waals surface area contributed by atoms with E-state index in [1.807, 2.05) is 0 Å². The van der Waals surface area contributed by atoms with Crippen molar-refractivity contribution in [2.45, 2.75) is 78.0 Å². The van der Waals surface area contributed by atoms with E-state index in [2.05, 4.69) is 98.2 Å². The fraction of sp³-hybridized carbons (Fsp3) is 0.667. The van der Waals surface area contributed by atoms with Gasteiger partial charge in [0.2, 0.25) is 0 Å². The van der Waals surface area contributed by atoms with Crippen molar-refractivity contribution in [2.75, 3.05) is 32.1 Å². The first-order valence-corrected chi connectivity index (χ1v) is 12.2. The van der Waals surface area contributed by atoms with E-state index in [-0.39, 0.29) is 10.8 Å². The minimum Gasteiger partial charge on any atom is -0.303 e. The van der Waals surface area contributed by atoms with Crippen LogP contribution in [-0.2, 0) is 17.5 Å². The molecular weight excluding hydrogens is 390 g/mol. The Morgan fingerprint density at radius 3 is 2.07 bits per heavy atom. The Labute approximate surface area is 187 Å². The lowest BCUT2D eigenvalue weighted by atomic mass is 9.79. The van der Waals surface area contributed by atoms with E-state index in [1.54, 1.807) is 11.8 Å². The number of hydrogen-bond acceptors (Lipinski definition) is 5. The molecule has 0 N–H and O–H groups in total. The van der Waals surface area contributed by atoms with Gasteiger partial charge in [-0.25, -0.2) is 0 Å². The van der Waals surface area contributed by atoms with Gasteiger partial charge in [-0.05, 0) is 47.2 Å². The summed E-state index contributed by atoms with van der Waals surface area (Å²) in [6, 6.07) is 6.99. The number of fused-ring (bicyclic) bond motifs is 1. The molecule has 0 fully saturated rings. The van der Waals surface area contributed by atoms with E-state index in [0.717, 1.165) is 49.7 Å². The number of rotatable bonds is 6. The van der Waals surface area contributed by atoms with E-state index < -0.39 is 0 Å². The lowest BCUT2D eigenvalue weighted by molar-refractivity contribution is 0.195. The number of nitrogens with zero attached hydrogens (tertiary/aromatic N) is 5. The van der Waals surface area contributed by atoms with Crippen LogP contribution < -0.4 is 0 Å². The fourth-order valence-corrected chi connectivity index (χ4v) is 4.61. The molecule has 0 saturated carbocycles. The molecule has 2 heterocycles. The zero-order chi connectivity index (χ0) is 22.1. The molecule has 1 aromatic carbocycles. The highest BCUT2D eigenvalue weighted by atomic mass is 32.2. The zero-order valence-electron chi connectivity index (χ0n) is 20.1. The van der Waals surface area contributed by atoms with Gasteiger partial charge in [0.25, 0.3) is 0 Å². The van der Waals surface area contributed by atoms with Gasteiger partial charge in [-0.1, -0.05) is 73.2 Å². The van der Waals surface area contributed by atoms with Gasteiger partial charge in [-0.3, -0.25) is 9.47 Å². The summed E-state index contributed by atoms with van der Waals surface area (Å²) in [6.07, 6.45) is 0. The maximum atomic E-state index is 4.63. The summed E-state index contributed by atoms with van der Waals surface area (Å²) >= 11 is 1.80. The van der Waals surface area contributed by atoms with Crippen molar-refractivity contribution in [3.63, 3.8) is 0 Å². The molecule has 1 aliphatic heterocycles. The van der Waals surface area contributed by atoms with Gasteiger partial charge in [-0.15, -0.1) is 10.2 Å². The Bertz CT molecular complexity index is 823. The van der Waals surface area contributed by atoms with Crippen molar-refractivity contribution < 1.29 is 0 Å². The third-order valence-corrected chi connectivity index (χ3v) is 7.04. The lowest BCUT2D eigenvalue weighted by Crippen LogP contribution is -2.38. The zero-order valence-corrected chi connectivity index (χ0v) is 20.9. The fourth-order valence-electron chi connectivity index (χ4n) is 3.71. The second kappa shape index (κ2) is 9.01. The predicted molar refractivity (Wildman–Crippen MR) is 128 cm³/mol. The van der Waals surface area contributed by atoms with Gasteiger partial charge < -0.3 is 4.90 Å². The molecule has 30 heavy (non-hydrogen) atoms. The molecule has 0 saturated heterocycles. The van der Waals surface area contributed by atoms with E-state index in [9.17, 15) is 0 Å². The molecule has 0 spiro atoms. The normalized spacial score (nSPS) is 15.6. The van der Waals surface area contributed by atoms with E-state index >= 15 is 0 Å². The predicted octanol–water partition coefficient (Wildman–Crippen LogP) is 5.20. The molecule has 0 radical (unpaired) electrons. The smallest absolute Gasteiger partial charge is 0.193 e. The average Bonchev–Trinajstić information content (AvgIpc) is 3.10. The van der Waals surface area contributed by atoms with Crippen LogP contribution in [0.4, 0.5) is 0 Å². The molecule has 0 atom stereocenters. The Morgan fingerprint density at radius 1 is 0.933 bits per heavy atom. The van der Waals surface area contributed by atoms with Crippen LogP contribution in [0.2, 0.25) is 0 Å². The molecule has 1 aliphatic rings. The number of likely N-dealkylation sites (N-methyl/N-ethyl adjacent to an activating group) is 1. The Hall–Kier alpha value is -1.37. The van der Waals surface area contributed by atoms with Gasteiger partial charge in [0.05, 0.1) is 12.5 Å². The maximum Gasteiger partial charge on any atom is 0.193 e. The molecule has 2 aromatic rings. The summed E-state index contributed by atoms with van der Waals surface area (Å²) in [7, 11) is 0. The van der Waals surface area contributed by atoms with Crippen LogP contribution in [0.5, 0.6) is 0 Å². The minimum atomic E-state index is 0.0886. The quantitative estimate of drug-likeness (QED) is 0.630. The van der Waals surface area contributed by atoms with E-state index in [1.165, 1.54) is 16.7 Å². The summed E-state index contributed by atoms with van der Waals surface area (Å²) in [4.78, 5) is 4.98. The van der Waals surface area contributed by atoms with Crippen molar-refractivity contribution in [1.29, 1.82) is 0 Å². The van der Waals surface area contributed by atoms with Gasteiger partial charge in [0.1, 0.15) is 0 Å². The number of hydrogen-bond donors (Lipinski definition) is 0. The van der Waals surface area contributed by atoms with Crippen LogP contribution in [0, 0.1) is 0 Å². The number of benzene rings is 1. The first-order chi connectivity index (χ1) is 14.0. The van der Waals surface area contributed by atoms with Crippen molar-refractivity contribution in [3.8, 4) is 11.4 Å². The van der Waals surface area contributed by atoms with Gasteiger partial charge in [-0.2, -0.15) is 0 Å². The second-order valence-corrected chi connectivity index (χ2v) is 11.3. The third kappa shape index (κ3) is 5.27. The Kier molecular flexibility index (Phi) is 7.00. The second-order valence-electron chi connectivity index (χ2n) is 10.4. The first-order valence-electron chi connectivity index (χ1n) is 11.2. The van der Waals surface area contributed by atoms with Crippen molar-refractivity contribution in [3.05, 3.63) is 29.3 Å². The van der Waals surface area contributed by atoms with E-state index in [0.29, 0.717) is 0 Å². The average molecular weight is 430 g/mol. The molecule has 5 nitrogen and oxygen atoms in total. The molecular formula is C24H39N5S. The standard InChI is InChI=1S/C24H39N5S/c1-9-27(10-2)11-12-28-16-29-21(25-26-22(29)30-17-28)18-13-19(23(3,4)5)15-20(14-18)24(6,7)8/h13-15H,9-12,16-17H2,1-8H3. The first kappa shape index (κ1) is 23.3. The summed E-state index contributed by atoms with van der Waals surface area (Å²) in [5.41, 5.74) is 4.06. The van der Waals surface area contributed by atoms with Crippen LogP contribution in [0.1, 0.15) is 66.5 Å². The van der Waals surface area contributed by atoms with Crippen LogP contribution in [0.15, 0.2) is 23.4 Å². The van der Waals surface area contributed by atoms with Gasteiger partial charge in [0, 0.05) is 18.7 Å². The molecule has 1 aromatic heterocycles. The van der Waals surface area contributed by atoms with Crippen LogP contribution in [0.25, 0.3) is 11.4 Å². The van der Waals surface area contributed by atoms with Crippen LogP contribution in [0.3, 0.4) is 0 Å². The molecule has 0 aliphatic carbocycles.